The molecule has 0 bridgehead atoms. The number of carbonyl (C=O) groups excluding carboxylic acids is 1. The minimum Gasteiger partial charge on any atom is -0.478 e. The normalized spacial score (nSPS) is 11.6. The highest BCUT2D eigenvalue weighted by Gasteiger charge is 2.20. The molecule has 0 heterocycles. The van der Waals surface area contributed by atoms with Gasteiger partial charge in [0.25, 0.3) is 0 Å². The summed E-state index contributed by atoms with van der Waals surface area (Å²) < 4.78 is 18.1. The molecule has 2 N–H and O–H groups in total. The maximum Gasteiger partial charge on any atom is 0.346 e. The van der Waals surface area contributed by atoms with Crippen LogP contribution >= 0.6 is 11.8 Å². The minimum atomic E-state index is -1.24. The number of nitrogens with one attached hydrogen (secondary N) is 1. The smallest absolute Gasteiger partial charge is 0.346 e. The zero-order valence-corrected chi connectivity index (χ0v) is 15.1. The Morgan fingerprint density at radius 3 is 2.62 bits per heavy atom. The van der Waals surface area contributed by atoms with Crippen LogP contribution in [0.4, 0.5) is 4.39 Å². The van der Waals surface area contributed by atoms with Crippen molar-refractivity contribution in [2.24, 2.45) is 0 Å². The summed E-state index contributed by atoms with van der Waals surface area (Å²) in [6, 6.07) is 13.1. The van der Waals surface area contributed by atoms with Crippen molar-refractivity contribution in [1.82, 2.24) is 5.32 Å². The zero-order chi connectivity index (χ0) is 18.9. The van der Waals surface area contributed by atoms with Crippen LogP contribution in [-0.2, 0) is 15.3 Å². The van der Waals surface area contributed by atoms with Gasteiger partial charge in [0.05, 0.1) is 12.3 Å². The molecule has 1 amide bonds. The van der Waals surface area contributed by atoms with Gasteiger partial charge in [-0.2, -0.15) is 0 Å². The summed E-state index contributed by atoms with van der Waals surface area (Å²) in [4.78, 5) is 23.2. The van der Waals surface area contributed by atoms with E-state index < -0.39 is 17.9 Å². The molecule has 0 aromatic heterocycles. The van der Waals surface area contributed by atoms with Crippen LogP contribution in [-0.4, -0.2) is 35.4 Å². The molecule has 26 heavy (non-hydrogen) atoms. The molecule has 138 valence electrons. The number of thioether (sulfide) groups is 1. The SMILES string of the molecule is Cc1cccc(CSCC(=O)NCC(Oc2ccc(F)cc2)C(=O)O)c1. The van der Waals surface area contributed by atoms with E-state index in [0.29, 0.717) is 5.75 Å². The highest BCUT2D eigenvalue weighted by atomic mass is 32.2. The van der Waals surface area contributed by atoms with E-state index in [2.05, 4.69) is 11.4 Å². The molecular weight excluding hydrogens is 357 g/mol. The lowest BCUT2D eigenvalue weighted by Crippen LogP contribution is -2.41. The zero-order valence-electron chi connectivity index (χ0n) is 14.3. The van der Waals surface area contributed by atoms with Gasteiger partial charge in [0.15, 0.2) is 0 Å². The van der Waals surface area contributed by atoms with Gasteiger partial charge in [0.1, 0.15) is 11.6 Å². The fraction of sp³-hybridized carbons (Fsp3) is 0.263. The Balaban J connectivity index is 1.76. The van der Waals surface area contributed by atoms with Crippen LogP contribution in [0.5, 0.6) is 5.75 Å². The van der Waals surface area contributed by atoms with Gasteiger partial charge in [0.2, 0.25) is 12.0 Å². The third kappa shape index (κ3) is 6.76. The number of aryl methyl sites for hydroxylation is 1. The molecule has 1 unspecified atom stereocenters. The van der Waals surface area contributed by atoms with Crippen LogP contribution in [0.1, 0.15) is 11.1 Å². The van der Waals surface area contributed by atoms with Gasteiger partial charge in [-0.3, -0.25) is 4.79 Å². The molecule has 0 aliphatic rings. The number of ether oxygens (including phenoxy) is 1. The fourth-order valence-corrected chi connectivity index (χ4v) is 2.98. The summed E-state index contributed by atoms with van der Waals surface area (Å²) >= 11 is 1.45. The molecule has 0 aliphatic heterocycles. The fourth-order valence-electron chi connectivity index (χ4n) is 2.18. The molecule has 0 aliphatic carbocycles. The molecule has 0 radical (unpaired) electrons. The van der Waals surface area contributed by atoms with Crippen molar-refractivity contribution in [2.75, 3.05) is 12.3 Å². The van der Waals surface area contributed by atoms with Crippen molar-refractivity contribution < 1.29 is 23.8 Å². The largest absolute Gasteiger partial charge is 0.478 e. The number of carbonyl (C=O) groups is 2. The van der Waals surface area contributed by atoms with Gasteiger partial charge in [-0.25, -0.2) is 9.18 Å². The first-order valence-electron chi connectivity index (χ1n) is 7.99. The van der Waals surface area contributed by atoms with E-state index in [1.165, 1.54) is 36.0 Å². The Hall–Kier alpha value is -2.54. The van der Waals surface area contributed by atoms with E-state index in [0.717, 1.165) is 11.1 Å². The van der Waals surface area contributed by atoms with Gasteiger partial charge in [0, 0.05) is 5.75 Å². The molecule has 2 aromatic rings. The number of aliphatic carboxylic acids is 1. The number of benzene rings is 2. The van der Waals surface area contributed by atoms with Crippen LogP contribution in [0.15, 0.2) is 48.5 Å². The predicted octanol–water partition coefficient (Wildman–Crippen LogP) is 3.02. The lowest BCUT2D eigenvalue weighted by molar-refractivity contribution is -0.145. The number of hydrogen-bond acceptors (Lipinski definition) is 4. The Bertz CT molecular complexity index is 751. The second kappa shape index (κ2) is 9.82. The monoisotopic (exact) mass is 377 g/mol. The number of carboxylic acid groups (broad SMARTS) is 1. The molecule has 2 aromatic carbocycles. The van der Waals surface area contributed by atoms with E-state index in [1.807, 2.05) is 25.1 Å². The highest BCUT2D eigenvalue weighted by molar-refractivity contribution is 7.99. The van der Waals surface area contributed by atoms with Crippen molar-refractivity contribution in [3.05, 3.63) is 65.5 Å². The first-order chi connectivity index (χ1) is 12.4. The molecular formula is C19H20FNO4S. The predicted molar refractivity (Wildman–Crippen MR) is 98.8 cm³/mol. The van der Waals surface area contributed by atoms with E-state index in [4.69, 9.17) is 4.74 Å². The standard InChI is InChI=1S/C19H20FNO4S/c1-13-3-2-4-14(9-13)11-26-12-18(22)21-10-17(19(23)24)25-16-7-5-15(20)6-8-16/h2-9,17H,10-12H2,1H3,(H,21,22)(H,23,24). The Morgan fingerprint density at radius 2 is 1.96 bits per heavy atom. The summed E-state index contributed by atoms with van der Waals surface area (Å²) in [7, 11) is 0. The number of rotatable bonds is 9. The molecule has 5 nitrogen and oxygen atoms in total. The van der Waals surface area contributed by atoms with E-state index in [-0.39, 0.29) is 24.0 Å². The average molecular weight is 377 g/mol. The second-order valence-electron chi connectivity index (χ2n) is 5.68. The molecule has 0 spiro atoms. The lowest BCUT2D eigenvalue weighted by Gasteiger charge is -2.15. The van der Waals surface area contributed by atoms with Gasteiger partial charge in [-0.05, 0) is 36.8 Å². The number of amides is 1. The Morgan fingerprint density at radius 1 is 1.23 bits per heavy atom. The van der Waals surface area contributed by atoms with Crippen molar-refractivity contribution in [3.63, 3.8) is 0 Å². The molecule has 7 heteroatoms. The quantitative estimate of drug-likeness (QED) is 0.703. The first-order valence-corrected chi connectivity index (χ1v) is 9.14. The summed E-state index contributed by atoms with van der Waals surface area (Å²) in [5.41, 5.74) is 2.29. The maximum absolute atomic E-state index is 12.9. The lowest BCUT2D eigenvalue weighted by atomic mass is 10.2. The van der Waals surface area contributed by atoms with E-state index in [1.54, 1.807) is 0 Å². The molecule has 1 atom stereocenters. The van der Waals surface area contributed by atoms with Crippen LogP contribution < -0.4 is 10.1 Å². The number of hydrogen-bond donors (Lipinski definition) is 2. The summed E-state index contributed by atoms with van der Waals surface area (Å²) in [6.07, 6.45) is -1.24. The Labute approximate surface area is 155 Å². The number of carboxylic acids is 1. The molecule has 0 saturated carbocycles. The molecule has 0 fully saturated rings. The third-order valence-electron chi connectivity index (χ3n) is 3.44. The average Bonchev–Trinajstić information content (AvgIpc) is 2.60. The van der Waals surface area contributed by atoms with Crippen molar-refractivity contribution in [3.8, 4) is 5.75 Å². The summed E-state index contributed by atoms with van der Waals surface area (Å²) in [6.45, 7) is 1.84. The van der Waals surface area contributed by atoms with Gasteiger partial charge >= 0.3 is 5.97 Å². The van der Waals surface area contributed by atoms with Gasteiger partial charge in [-0.1, -0.05) is 29.8 Å². The van der Waals surface area contributed by atoms with Crippen molar-refractivity contribution in [1.29, 1.82) is 0 Å². The molecule has 0 saturated heterocycles. The second-order valence-corrected chi connectivity index (χ2v) is 6.67. The van der Waals surface area contributed by atoms with Crippen molar-refractivity contribution in [2.45, 2.75) is 18.8 Å². The van der Waals surface area contributed by atoms with Crippen LogP contribution in [0.25, 0.3) is 0 Å². The summed E-state index contributed by atoms with van der Waals surface area (Å²) in [5.74, 6) is -0.774. The van der Waals surface area contributed by atoms with Crippen molar-refractivity contribution >= 4 is 23.6 Å². The van der Waals surface area contributed by atoms with Crippen LogP contribution in [0.3, 0.4) is 0 Å². The number of halogens is 1. The van der Waals surface area contributed by atoms with Crippen LogP contribution in [0.2, 0.25) is 0 Å². The maximum atomic E-state index is 12.9. The van der Waals surface area contributed by atoms with E-state index >= 15 is 0 Å². The van der Waals surface area contributed by atoms with Crippen LogP contribution in [0, 0.1) is 12.7 Å². The minimum absolute atomic E-state index is 0.170. The van der Waals surface area contributed by atoms with Gasteiger partial charge < -0.3 is 15.2 Å². The topological polar surface area (TPSA) is 75.6 Å². The Kier molecular flexibility index (Phi) is 7.47. The summed E-state index contributed by atoms with van der Waals surface area (Å²) in [5, 5.41) is 11.8. The third-order valence-corrected chi connectivity index (χ3v) is 4.44. The highest BCUT2D eigenvalue weighted by Crippen LogP contribution is 2.14. The van der Waals surface area contributed by atoms with E-state index in [9.17, 15) is 19.1 Å². The molecule has 2 rings (SSSR count). The first kappa shape index (κ1) is 19.8. The van der Waals surface area contributed by atoms with Gasteiger partial charge in [-0.15, -0.1) is 11.8 Å².